The normalized spacial score (nSPS) is 28.7. The second-order valence-electron chi connectivity index (χ2n) is 8.29. The molecule has 1 saturated carbocycles. The van der Waals surface area contributed by atoms with Crippen LogP contribution in [0.1, 0.15) is 31.2 Å². The second kappa shape index (κ2) is 6.37. The van der Waals surface area contributed by atoms with Gasteiger partial charge < -0.3 is 15.1 Å². The zero-order valence-electron chi connectivity index (χ0n) is 15.5. The quantitative estimate of drug-likeness (QED) is 0.751. The van der Waals surface area contributed by atoms with Crippen molar-refractivity contribution in [3.63, 3.8) is 0 Å². The second-order valence-corrected chi connectivity index (χ2v) is 8.70. The summed E-state index contributed by atoms with van der Waals surface area (Å²) in [6.45, 7) is 2.08. The maximum absolute atomic E-state index is 12.9. The smallest absolute Gasteiger partial charge is 0.322 e. The summed E-state index contributed by atoms with van der Waals surface area (Å²) in [5.41, 5.74) is 1.45. The van der Waals surface area contributed by atoms with Gasteiger partial charge in [0, 0.05) is 26.1 Å². The highest BCUT2D eigenvalue weighted by molar-refractivity contribution is 6.33. The first kappa shape index (κ1) is 17.8. The van der Waals surface area contributed by atoms with Gasteiger partial charge in [0.2, 0.25) is 5.91 Å². The standard InChI is InChI=1S/C20H23ClN4O3/c21-15-3-1-2-12-10-14-11-24(8-9-25(14)17(12)15)16(26)6-7-20(13-4-5-13)18(27)22-19(28)23-20/h1-3,13-14H,4-11H2,(H2,22,23,27,28)/t14?,20-/m0/s1. The third-order valence-electron chi connectivity index (χ3n) is 6.62. The highest BCUT2D eigenvalue weighted by Gasteiger charge is 2.55. The monoisotopic (exact) mass is 402 g/mol. The molecule has 0 aromatic heterocycles. The molecule has 1 unspecified atom stereocenters. The Morgan fingerprint density at radius 3 is 2.79 bits per heavy atom. The van der Waals surface area contributed by atoms with Crippen molar-refractivity contribution in [2.75, 3.05) is 24.5 Å². The number of nitrogens with one attached hydrogen (secondary N) is 2. The van der Waals surface area contributed by atoms with Gasteiger partial charge in [0.1, 0.15) is 5.54 Å². The van der Waals surface area contributed by atoms with Gasteiger partial charge in [-0.15, -0.1) is 0 Å². The van der Waals surface area contributed by atoms with E-state index in [2.05, 4.69) is 21.6 Å². The Hall–Kier alpha value is -2.28. The van der Waals surface area contributed by atoms with Gasteiger partial charge in [-0.05, 0) is 43.2 Å². The van der Waals surface area contributed by atoms with Crippen LogP contribution in [0.25, 0.3) is 0 Å². The predicted molar refractivity (Wildman–Crippen MR) is 104 cm³/mol. The minimum absolute atomic E-state index is 0.0516. The maximum Gasteiger partial charge on any atom is 0.322 e. The van der Waals surface area contributed by atoms with Crippen LogP contribution in [-0.2, 0) is 16.0 Å². The average molecular weight is 403 g/mol. The molecule has 0 bridgehead atoms. The van der Waals surface area contributed by atoms with Crippen LogP contribution in [-0.4, -0.2) is 54.0 Å². The molecule has 2 atom stereocenters. The summed E-state index contributed by atoms with van der Waals surface area (Å²) >= 11 is 6.39. The molecule has 148 valence electrons. The highest BCUT2D eigenvalue weighted by atomic mass is 35.5. The number of rotatable bonds is 4. The van der Waals surface area contributed by atoms with Crippen LogP contribution >= 0.6 is 11.6 Å². The summed E-state index contributed by atoms with van der Waals surface area (Å²) in [5, 5.41) is 5.92. The Balaban J connectivity index is 1.24. The predicted octanol–water partition coefficient (Wildman–Crippen LogP) is 1.68. The van der Waals surface area contributed by atoms with Crippen molar-refractivity contribution in [2.45, 2.75) is 43.7 Å². The first-order chi connectivity index (χ1) is 13.5. The van der Waals surface area contributed by atoms with Gasteiger partial charge in [-0.2, -0.15) is 0 Å². The zero-order valence-corrected chi connectivity index (χ0v) is 16.3. The number of hydrogen-bond donors (Lipinski definition) is 2. The van der Waals surface area contributed by atoms with Crippen molar-refractivity contribution >= 4 is 35.1 Å². The number of hydrogen-bond acceptors (Lipinski definition) is 4. The topological polar surface area (TPSA) is 81.8 Å². The summed E-state index contributed by atoms with van der Waals surface area (Å²) in [4.78, 5) is 41.1. The lowest BCUT2D eigenvalue weighted by Crippen LogP contribution is -2.54. The van der Waals surface area contributed by atoms with Crippen LogP contribution in [0.4, 0.5) is 10.5 Å². The van der Waals surface area contributed by atoms with Gasteiger partial charge in [0.15, 0.2) is 0 Å². The van der Waals surface area contributed by atoms with Crippen LogP contribution in [0, 0.1) is 5.92 Å². The number of anilines is 1. The van der Waals surface area contributed by atoms with E-state index in [0.717, 1.165) is 36.5 Å². The molecule has 3 aliphatic heterocycles. The molecular formula is C20H23ClN4O3. The molecule has 8 heteroatoms. The number of halogens is 1. The van der Waals surface area contributed by atoms with E-state index in [4.69, 9.17) is 11.6 Å². The number of amides is 4. The third kappa shape index (κ3) is 2.75. The molecule has 3 heterocycles. The van der Waals surface area contributed by atoms with Gasteiger partial charge in [0.05, 0.1) is 16.8 Å². The largest absolute Gasteiger partial charge is 0.363 e. The van der Waals surface area contributed by atoms with Crippen molar-refractivity contribution in [1.29, 1.82) is 0 Å². The number of piperazine rings is 1. The molecule has 1 aromatic carbocycles. The van der Waals surface area contributed by atoms with E-state index in [-0.39, 0.29) is 30.2 Å². The highest BCUT2D eigenvalue weighted by Crippen LogP contribution is 2.44. The number of benzene rings is 1. The van der Waals surface area contributed by atoms with Crippen molar-refractivity contribution < 1.29 is 14.4 Å². The van der Waals surface area contributed by atoms with Crippen molar-refractivity contribution in [1.82, 2.24) is 15.5 Å². The van der Waals surface area contributed by atoms with Gasteiger partial charge in [0.25, 0.3) is 5.91 Å². The van der Waals surface area contributed by atoms with Gasteiger partial charge in [-0.1, -0.05) is 23.7 Å². The minimum atomic E-state index is -0.897. The maximum atomic E-state index is 12.9. The van der Waals surface area contributed by atoms with Crippen molar-refractivity contribution in [3.8, 4) is 0 Å². The van der Waals surface area contributed by atoms with E-state index in [1.54, 1.807) is 0 Å². The number of carbonyl (C=O) groups excluding carboxylic acids is 3. The fourth-order valence-corrected chi connectivity index (χ4v) is 5.36. The molecule has 7 nitrogen and oxygen atoms in total. The molecule has 0 spiro atoms. The van der Waals surface area contributed by atoms with Crippen LogP contribution < -0.4 is 15.5 Å². The molecule has 28 heavy (non-hydrogen) atoms. The SMILES string of the molecule is O=C1NC(=O)[C@](CCC(=O)N2CCN3c4c(Cl)cccc4CC3C2)(C2CC2)N1. The first-order valence-electron chi connectivity index (χ1n) is 9.93. The molecule has 2 saturated heterocycles. The Kier molecular flexibility index (Phi) is 4.05. The molecular weight excluding hydrogens is 380 g/mol. The zero-order chi connectivity index (χ0) is 19.5. The number of para-hydroxylation sites is 1. The van der Waals surface area contributed by atoms with Gasteiger partial charge >= 0.3 is 6.03 Å². The Morgan fingerprint density at radius 2 is 2.07 bits per heavy atom. The summed E-state index contributed by atoms with van der Waals surface area (Å²) < 4.78 is 0. The fourth-order valence-electron chi connectivity index (χ4n) is 5.06. The van der Waals surface area contributed by atoms with Crippen molar-refractivity contribution in [3.05, 3.63) is 28.8 Å². The van der Waals surface area contributed by atoms with Crippen LogP contribution in [0.3, 0.4) is 0 Å². The molecule has 1 aromatic rings. The molecule has 4 aliphatic rings. The molecule has 3 fully saturated rings. The van der Waals surface area contributed by atoms with Crippen LogP contribution in [0.5, 0.6) is 0 Å². The van der Waals surface area contributed by atoms with Crippen LogP contribution in [0.15, 0.2) is 18.2 Å². The fraction of sp³-hybridized carbons (Fsp3) is 0.550. The number of carbonyl (C=O) groups is 3. The Bertz CT molecular complexity index is 871. The van der Waals surface area contributed by atoms with E-state index in [1.165, 1.54) is 5.56 Å². The summed E-state index contributed by atoms with van der Waals surface area (Å²) in [5.74, 6) is -0.0794. The number of fused-ring (bicyclic) bond motifs is 3. The molecule has 5 rings (SSSR count). The van der Waals surface area contributed by atoms with Gasteiger partial charge in [-0.25, -0.2) is 4.79 Å². The van der Waals surface area contributed by atoms with Gasteiger partial charge in [-0.3, -0.25) is 14.9 Å². The summed E-state index contributed by atoms with van der Waals surface area (Å²) in [7, 11) is 0. The number of nitrogens with zero attached hydrogens (tertiary/aromatic N) is 2. The average Bonchev–Trinajstić information content (AvgIpc) is 3.39. The van der Waals surface area contributed by atoms with E-state index in [0.29, 0.717) is 19.5 Å². The minimum Gasteiger partial charge on any atom is -0.363 e. The molecule has 2 N–H and O–H groups in total. The van der Waals surface area contributed by atoms with E-state index in [9.17, 15) is 14.4 Å². The summed E-state index contributed by atoms with van der Waals surface area (Å²) in [6.07, 6.45) is 3.36. The number of imide groups is 1. The van der Waals surface area contributed by atoms with Crippen LogP contribution in [0.2, 0.25) is 5.02 Å². The first-order valence-corrected chi connectivity index (χ1v) is 10.3. The van der Waals surface area contributed by atoms with E-state index in [1.807, 2.05) is 17.0 Å². The Morgan fingerprint density at radius 1 is 1.25 bits per heavy atom. The number of urea groups is 1. The van der Waals surface area contributed by atoms with E-state index < -0.39 is 11.6 Å². The third-order valence-corrected chi connectivity index (χ3v) is 6.93. The van der Waals surface area contributed by atoms with Crippen molar-refractivity contribution in [2.24, 2.45) is 5.92 Å². The molecule has 0 radical (unpaired) electrons. The lowest BCUT2D eigenvalue weighted by molar-refractivity contribution is -0.133. The lowest BCUT2D eigenvalue weighted by atomic mass is 9.87. The van der Waals surface area contributed by atoms with E-state index >= 15 is 0 Å². The Labute approximate surface area is 168 Å². The lowest BCUT2D eigenvalue weighted by Gasteiger charge is -2.39. The summed E-state index contributed by atoms with van der Waals surface area (Å²) in [6, 6.07) is 5.80. The molecule has 1 aliphatic carbocycles. The molecule has 4 amide bonds.